The molecule has 0 bridgehead atoms. The quantitative estimate of drug-likeness (QED) is 0.349. The van der Waals surface area contributed by atoms with Gasteiger partial charge < -0.3 is 15.8 Å². The van der Waals surface area contributed by atoms with Crippen LogP contribution in [0.3, 0.4) is 0 Å². The molecule has 1 fully saturated rings. The Bertz CT molecular complexity index is 439. The third-order valence-electron chi connectivity index (χ3n) is 3.69. The van der Waals surface area contributed by atoms with Crippen molar-refractivity contribution in [3.63, 3.8) is 0 Å². The van der Waals surface area contributed by atoms with Crippen molar-refractivity contribution in [3.8, 4) is 0 Å². The summed E-state index contributed by atoms with van der Waals surface area (Å²) in [5.41, 5.74) is 5.31. The number of amidine groups is 1. The SMILES string of the molecule is CC(C)(C(N)=NO)N1CCN(c2cccnn2)CC1. The maximum atomic E-state index is 8.84. The van der Waals surface area contributed by atoms with Crippen molar-refractivity contribution in [3.05, 3.63) is 18.3 Å². The second-order valence-corrected chi connectivity index (χ2v) is 5.10. The number of hydrogen-bond donors (Lipinski definition) is 2. The normalized spacial score (nSPS) is 18.6. The maximum Gasteiger partial charge on any atom is 0.159 e. The van der Waals surface area contributed by atoms with E-state index in [0.717, 1.165) is 32.0 Å². The van der Waals surface area contributed by atoms with Gasteiger partial charge in [-0.05, 0) is 26.0 Å². The first kappa shape index (κ1) is 13.5. The first-order valence-electron chi connectivity index (χ1n) is 6.31. The van der Waals surface area contributed by atoms with Gasteiger partial charge in [0.25, 0.3) is 0 Å². The monoisotopic (exact) mass is 264 g/mol. The van der Waals surface area contributed by atoms with E-state index >= 15 is 0 Å². The van der Waals surface area contributed by atoms with Gasteiger partial charge in [-0.25, -0.2) is 0 Å². The molecule has 0 unspecified atom stereocenters. The fourth-order valence-electron chi connectivity index (χ4n) is 2.24. The average molecular weight is 264 g/mol. The number of aromatic nitrogens is 2. The molecule has 1 aromatic rings. The highest BCUT2D eigenvalue weighted by atomic mass is 16.4. The third-order valence-corrected chi connectivity index (χ3v) is 3.69. The van der Waals surface area contributed by atoms with E-state index in [-0.39, 0.29) is 5.84 Å². The summed E-state index contributed by atoms with van der Waals surface area (Å²) in [6.07, 6.45) is 1.67. The molecule has 1 saturated heterocycles. The Morgan fingerprint density at radius 1 is 1.37 bits per heavy atom. The van der Waals surface area contributed by atoms with Crippen LogP contribution < -0.4 is 10.6 Å². The zero-order chi connectivity index (χ0) is 13.9. The standard InChI is InChI=1S/C12H20N6O/c1-12(2,11(13)16-19)18-8-6-17(7-9-18)10-4-3-5-14-15-10/h3-5,19H,6-9H2,1-2H3,(H2,13,16). The predicted octanol–water partition coefficient (Wildman–Crippen LogP) is 0.124. The lowest BCUT2D eigenvalue weighted by molar-refractivity contribution is 0.161. The van der Waals surface area contributed by atoms with E-state index in [1.54, 1.807) is 6.20 Å². The highest BCUT2D eigenvalue weighted by molar-refractivity contribution is 5.88. The highest BCUT2D eigenvalue weighted by Gasteiger charge is 2.33. The smallest absolute Gasteiger partial charge is 0.159 e. The molecule has 19 heavy (non-hydrogen) atoms. The topological polar surface area (TPSA) is 90.9 Å². The van der Waals surface area contributed by atoms with Gasteiger partial charge in [0.05, 0.1) is 5.54 Å². The van der Waals surface area contributed by atoms with Crippen LogP contribution in [0.15, 0.2) is 23.5 Å². The van der Waals surface area contributed by atoms with Crippen molar-refractivity contribution >= 4 is 11.7 Å². The summed E-state index contributed by atoms with van der Waals surface area (Å²) in [7, 11) is 0. The molecule has 1 aromatic heterocycles. The summed E-state index contributed by atoms with van der Waals surface area (Å²) in [4.78, 5) is 4.39. The van der Waals surface area contributed by atoms with Crippen molar-refractivity contribution in [1.82, 2.24) is 15.1 Å². The summed E-state index contributed by atoms with van der Waals surface area (Å²) in [5.74, 6) is 1.13. The number of oxime groups is 1. The Hall–Kier alpha value is -1.89. The van der Waals surface area contributed by atoms with Crippen LogP contribution in [-0.4, -0.2) is 57.9 Å². The summed E-state index contributed by atoms with van der Waals surface area (Å²) in [6, 6.07) is 3.84. The molecule has 2 heterocycles. The Labute approximate surface area is 112 Å². The molecule has 0 radical (unpaired) electrons. The first-order chi connectivity index (χ1) is 9.05. The zero-order valence-corrected chi connectivity index (χ0v) is 11.3. The number of nitrogens with two attached hydrogens (primary N) is 1. The molecule has 0 aromatic carbocycles. The van der Waals surface area contributed by atoms with Gasteiger partial charge in [-0.3, -0.25) is 4.90 Å². The molecule has 1 aliphatic rings. The van der Waals surface area contributed by atoms with Gasteiger partial charge in [-0.1, -0.05) is 5.16 Å². The van der Waals surface area contributed by atoms with Gasteiger partial charge in [0.2, 0.25) is 0 Å². The van der Waals surface area contributed by atoms with Crippen LogP contribution in [0.25, 0.3) is 0 Å². The second kappa shape index (κ2) is 5.40. The zero-order valence-electron chi connectivity index (χ0n) is 11.3. The minimum atomic E-state index is -0.441. The first-order valence-corrected chi connectivity index (χ1v) is 6.31. The lowest BCUT2D eigenvalue weighted by Gasteiger charge is -2.43. The van der Waals surface area contributed by atoms with E-state index in [1.165, 1.54) is 0 Å². The van der Waals surface area contributed by atoms with Crippen LogP contribution in [0.5, 0.6) is 0 Å². The number of rotatable bonds is 3. The van der Waals surface area contributed by atoms with E-state index in [4.69, 9.17) is 10.9 Å². The van der Waals surface area contributed by atoms with Gasteiger partial charge in [0.1, 0.15) is 0 Å². The Morgan fingerprint density at radius 2 is 2.05 bits per heavy atom. The summed E-state index contributed by atoms with van der Waals surface area (Å²) >= 11 is 0. The maximum absolute atomic E-state index is 8.84. The Kier molecular flexibility index (Phi) is 3.84. The second-order valence-electron chi connectivity index (χ2n) is 5.10. The van der Waals surface area contributed by atoms with Gasteiger partial charge >= 0.3 is 0 Å². The molecule has 7 heteroatoms. The van der Waals surface area contributed by atoms with Crippen LogP contribution in [-0.2, 0) is 0 Å². The molecule has 0 atom stereocenters. The molecule has 1 aliphatic heterocycles. The molecule has 3 N–H and O–H groups in total. The van der Waals surface area contributed by atoms with Crippen LogP contribution in [0.2, 0.25) is 0 Å². The van der Waals surface area contributed by atoms with E-state index in [1.807, 2.05) is 26.0 Å². The lowest BCUT2D eigenvalue weighted by Crippen LogP contribution is -2.59. The van der Waals surface area contributed by atoms with Gasteiger partial charge in [0, 0.05) is 32.4 Å². The number of nitrogens with zero attached hydrogens (tertiary/aromatic N) is 5. The molecule has 2 rings (SSSR count). The average Bonchev–Trinajstić information content (AvgIpc) is 2.47. The predicted molar refractivity (Wildman–Crippen MR) is 73.3 cm³/mol. The largest absolute Gasteiger partial charge is 0.409 e. The fourth-order valence-corrected chi connectivity index (χ4v) is 2.24. The van der Waals surface area contributed by atoms with E-state index in [9.17, 15) is 0 Å². The number of piperazine rings is 1. The molecule has 0 amide bonds. The van der Waals surface area contributed by atoms with Crippen LogP contribution >= 0.6 is 0 Å². The van der Waals surface area contributed by atoms with Crippen LogP contribution in [0.1, 0.15) is 13.8 Å². The fraction of sp³-hybridized carbons (Fsp3) is 0.583. The summed E-state index contributed by atoms with van der Waals surface area (Å²) in [6.45, 7) is 7.28. The van der Waals surface area contributed by atoms with Crippen molar-refractivity contribution in [2.24, 2.45) is 10.9 Å². The lowest BCUT2D eigenvalue weighted by atomic mass is 10.0. The number of anilines is 1. The van der Waals surface area contributed by atoms with Gasteiger partial charge in [0.15, 0.2) is 11.7 Å². The highest BCUT2D eigenvalue weighted by Crippen LogP contribution is 2.19. The van der Waals surface area contributed by atoms with E-state index in [0.29, 0.717) is 0 Å². The summed E-state index contributed by atoms with van der Waals surface area (Å²) in [5, 5.41) is 20.0. The summed E-state index contributed by atoms with van der Waals surface area (Å²) < 4.78 is 0. The van der Waals surface area contributed by atoms with Gasteiger partial charge in [-0.2, -0.15) is 5.10 Å². The number of hydrogen-bond acceptors (Lipinski definition) is 6. The van der Waals surface area contributed by atoms with Crippen molar-refractivity contribution in [1.29, 1.82) is 0 Å². The molecule has 0 spiro atoms. The van der Waals surface area contributed by atoms with E-state index < -0.39 is 5.54 Å². The Balaban J connectivity index is 2.00. The molecular weight excluding hydrogens is 244 g/mol. The minimum absolute atomic E-state index is 0.237. The Morgan fingerprint density at radius 3 is 2.58 bits per heavy atom. The third kappa shape index (κ3) is 2.76. The van der Waals surface area contributed by atoms with Crippen LogP contribution in [0, 0.1) is 0 Å². The minimum Gasteiger partial charge on any atom is -0.409 e. The van der Waals surface area contributed by atoms with Gasteiger partial charge in [-0.15, -0.1) is 5.10 Å². The van der Waals surface area contributed by atoms with Crippen molar-refractivity contribution in [2.75, 3.05) is 31.1 Å². The van der Waals surface area contributed by atoms with Crippen LogP contribution in [0.4, 0.5) is 5.82 Å². The van der Waals surface area contributed by atoms with E-state index in [2.05, 4.69) is 25.2 Å². The molecule has 0 saturated carbocycles. The van der Waals surface area contributed by atoms with Crippen molar-refractivity contribution in [2.45, 2.75) is 19.4 Å². The molecule has 7 nitrogen and oxygen atoms in total. The molecule has 104 valence electrons. The van der Waals surface area contributed by atoms with Crippen molar-refractivity contribution < 1.29 is 5.21 Å². The molecular formula is C12H20N6O. The molecule has 0 aliphatic carbocycles.